The lowest BCUT2D eigenvalue weighted by Gasteiger charge is -2.25. The molecule has 0 aliphatic heterocycles. The van der Waals surface area contributed by atoms with E-state index in [1.165, 1.54) is 0 Å². The molecular formula is C24H24O3. The fourth-order valence-corrected chi connectivity index (χ4v) is 3.70. The second kappa shape index (κ2) is 8.09. The molecule has 3 heteroatoms. The van der Waals surface area contributed by atoms with Crippen LogP contribution in [-0.4, -0.2) is 17.7 Å². The molecule has 0 atom stereocenters. The van der Waals surface area contributed by atoms with Gasteiger partial charge in [0.05, 0.1) is 6.61 Å². The SMILES string of the molecule is CCOC(=O)c1c(O)cc(C)c(C(c2ccccc2)c2ccccc2)c1C. The van der Waals surface area contributed by atoms with Crippen LogP contribution < -0.4 is 0 Å². The molecule has 0 bridgehead atoms. The molecule has 138 valence electrons. The summed E-state index contributed by atoms with van der Waals surface area (Å²) in [5.74, 6) is -0.568. The van der Waals surface area contributed by atoms with E-state index in [4.69, 9.17) is 4.74 Å². The monoisotopic (exact) mass is 360 g/mol. The summed E-state index contributed by atoms with van der Waals surface area (Å²) in [6.45, 7) is 5.88. The minimum atomic E-state index is -0.492. The van der Waals surface area contributed by atoms with Crippen LogP contribution in [0.3, 0.4) is 0 Å². The molecule has 0 saturated carbocycles. The highest BCUT2D eigenvalue weighted by atomic mass is 16.5. The lowest BCUT2D eigenvalue weighted by Crippen LogP contribution is -2.13. The number of benzene rings is 3. The number of rotatable bonds is 5. The first-order valence-corrected chi connectivity index (χ1v) is 9.14. The van der Waals surface area contributed by atoms with Gasteiger partial charge in [0.15, 0.2) is 0 Å². The zero-order valence-corrected chi connectivity index (χ0v) is 15.9. The van der Waals surface area contributed by atoms with Crippen molar-refractivity contribution in [1.29, 1.82) is 0 Å². The number of esters is 1. The molecule has 0 heterocycles. The highest BCUT2D eigenvalue weighted by molar-refractivity contribution is 5.95. The van der Waals surface area contributed by atoms with Gasteiger partial charge in [-0.25, -0.2) is 4.79 Å². The third kappa shape index (κ3) is 3.72. The minimum Gasteiger partial charge on any atom is -0.507 e. The first kappa shape index (κ1) is 18.7. The Balaban J connectivity index is 2.27. The van der Waals surface area contributed by atoms with Crippen LogP contribution in [0.15, 0.2) is 66.7 Å². The zero-order chi connectivity index (χ0) is 19.4. The van der Waals surface area contributed by atoms with Crippen molar-refractivity contribution in [2.24, 2.45) is 0 Å². The second-order valence-corrected chi connectivity index (χ2v) is 6.60. The van der Waals surface area contributed by atoms with Crippen molar-refractivity contribution in [3.05, 3.63) is 100 Å². The Bertz CT molecular complexity index is 891. The summed E-state index contributed by atoms with van der Waals surface area (Å²) in [5, 5.41) is 10.4. The van der Waals surface area contributed by atoms with Gasteiger partial charge < -0.3 is 9.84 Å². The van der Waals surface area contributed by atoms with E-state index in [2.05, 4.69) is 24.3 Å². The van der Waals surface area contributed by atoms with Crippen molar-refractivity contribution in [2.75, 3.05) is 6.61 Å². The van der Waals surface area contributed by atoms with E-state index < -0.39 is 5.97 Å². The number of aryl methyl sites for hydroxylation is 1. The number of carbonyl (C=O) groups is 1. The summed E-state index contributed by atoms with van der Waals surface area (Å²) in [6, 6.07) is 22.1. The molecule has 0 fully saturated rings. The summed E-state index contributed by atoms with van der Waals surface area (Å²) < 4.78 is 5.18. The van der Waals surface area contributed by atoms with Crippen molar-refractivity contribution >= 4 is 5.97 Å². The van der Waals surface area contributed by atoms with Crippen LogP contribution in [0.1, 0.15) is 51.0 Å². The van der Waals surface area contributed by atoms with Crippen LogP contribution >= 0.6 is 0 Å². The first-order chi connectivity index (χ1) is 13.0. The molecule has 0 unspecified atom stereocenters. The molecule has 0 aromatic heterocycles. The Kier molecular flexibility index (Phi) is 5.60. The summed E-state index contributed by atoms with van der Waals surface area (Å²) in [7, 11) is 0. The topological polar surface area (TPSA) is 46.5 Å². The molecule has 0 amide bonds. The zero-order valence-electron chi connectivity index (χ0n) is 15.9. The number of aromatic hydroxyl groups is 1. The van der Waals surface area contributed by atoms with Crippen LogP contribution in [0.2, 0.25) is 0 Å². The quantitative estimate of drug-likeness (QED) is 0.492. The van der Waals surface area contributed by atoms with Gasteiger partial charge >= 0.3 is 5.97 Å². The van der Waals surface area contributed by atoms with E-state index in [0.717, 1.165) is 27.8 Å². The van der Waals surface area contributed by atoms with Gasteiger partial charge in [0.25, 0.3) is 0 Å². The van der Waals surface area contributed by atoms with E-state index in [0.29, 0.717) is 0 Å². The maximum absolute atomic E-state index is 12.5. The second-order valence-electron chi connectivity index (χ2n) is 6.60. The number of phenols is 1. The number of hydrogen-bond donors (Lipinski definition) is 1. The normalized spacial score (nSPS) is 10.8. The third-order valence-corrected chi connectivity index (χ3v) is 4.85. The predicted octanol–water partition coefficient (Wildman–Crippen LogP) is 5.37. The smallest absolute Gasteiger partial charge is 0.342 e. The molecule has 0 spiro atoms. The lowest BCUT2D eigenvalue weighted by atomic mass is 9.79. The molecule has 0 saturated heterocycles. The average molecular weight is 360 g/mol. The fourth-order valence-electron chi connectivity index (χ4n) is 3.70. The summed E-state index contributed by atoms with van der Waals surface area (Å²) in [5.41, 5.74) is 5.23. The molecule has 3 aromatic rings. The van der Waals surface area contributed by atoms with Gasteiger partial charge in [0, 0.05) is 5.92 Å². The Morgan fingerprint density at radius 1 is 0.963 bits per heavy atom. The molecule has 3 nitrogen and oxygen atoms in total. The van der Waals surface area contributed by atoms with Crippen LogP contribution in [0.5, 0.6) is 5.75 Å². The Morgan fingerprint density at radius 3 is 1.96 bits per heavy atom. The van der Waals surface area contributed by atoms with Crippen LogP contribution in [-0.2, 0) is 4.74 Å². The van der Waals surface area contributed by atoms with Gasteiger partial charge in [-0.2, -0.15) is 0 Å². The van der Waals surface area contributed by atoms with E-state index in [1.807, 2.05) is 50.2 Å². The van der Waals surface area contributed by atoms with Crippen molar-refractivity contribution in [3.63, 3.8) is 0 Å². The predicted molar refractivity (Wildman–Crippen MR) is 107 cm³/mol. The molecule has 0 aliphatic rings. The van der Waals surface area contributed by atoms with Crippen molar-refractivity contribution in [1.82, 2.24) is 0 Å². The molecule has 3 aromatic carbocycles. The highest BCUT2D eigenvalue weighted by Crippen LogP contribution is 2.39. The minimum absolute atomic E-state index is 0.0351. The molecule has 27 heavy (non-hydrogen) atoms. The van der Waals surface area contributed by atoms with E-state index in [-0.39, 0.29) is 23.8 Å². The molecule has 0 aliphatic carbocycles. The number of ether oxygens (including phenoxy) is 1. The summed E-state index contributed by atoms with van der Waals surface area (Å²) in [6.07, 6.45) is 0. The maximum atomic E-state index is 12.5. The fraction of sp³-hybridized carbons (Fsp3) is 0.208. The van der Waals surface area contributed by atoms with E-state index in [9.17, 15) is 9.90 Å². The Hall–Kier alpha value is -3.07. The van der Waals surface area contributed by atoms with Crippen LogP contribution in [0, 0.1) is 13.8 Å². The number of phenolic OH excluding ortho intramolecular Hbond substituents is 1. The molecule has 1 N–H and O–H groups in total. The van der Waals surface area contributed by atoms with Crippen molar-refractivity contribution < 1.29 is 14.6 Å². The Labute approximate surface area is 160 Å². The molecule has 3 rings (SSSR count). The number of carbonyl (C=O) groups excluding carboxylic acids is 1. The van der Waals surface area contributed by atoms with Crippen molar-refractivity contribution in [3.8, 4) is 5.75 Å². The average Bonchev–Trinajstić information content (AvgIpc) is 2.66. The van der Waals surface area contributed by atoms with Crippen LogP contribution in [0.4, 0.5) is 0 Å². The first-order valence-electron chi connectivity index (χ1n) is 9.14. The van der Waals surface area contributed by atoms with Gasteiger partial charge in [-0.1, -0.05) is 60.7 Å². The van der Waals surface area contributed by atoms with Gasteiger partial charge in [0.2, 0.25) is 0 Å². The van der Waals surface area contributed by atoms with E-state index in [1.54, 1.807) is 13.0 Å². The summed E-state index contributed by atoms with van der Waals surface area (Å²) >= 11 is 0. The van der Waals surface area contributed by atoms with Gasteiger partial charge in [-0.3, -0.25) is 0 Å². The largest absolute Gasteiger partial charge is 0.507 e. The number of hydrogen-bond acceptors (Lipinski definition) is 3. The summed E-state index contributed by atoms with van der Waals surface area (Å²) in [4.78, 5) is 12.5. The standard InChI is InChI=1S/C24H24O3/c1-4-27-24(26)22-17(3)21(16(2)15-20(22)25)23(18-11-7-5-8-12-18)19-13-9-6-10-14-19/h5-15,23,25H,4H2,1-3H3. The van der Waals surface area contributed by atoms with Gasteiger partial charge in [0.1, 0.15) is 11.3 Å². The third-order valence-electron chi connectivity index (χ3n) is 4.85. The van der Waals surface area contributed by atoms with E-state index >= 15 is 0 Å². The van der Waals surface area contributed by atoms with Gasteiger partial charge in [-0.05, 0) is 54.7 Å². The molecular weight excluding hydrogens is 336 g/mol. The molecule has 0 radical (unpaired) electrons. The van der Waals surface area contributed by atoms with Crippen molar-refractivity contribution in [2.45, 2.75) is 26.7 Å². The Morgan fingerprint density at radius 2 is 1.48 bits per heavy atom. The van der Waals surface area contributed by atoms with Gasteiger partial charge in [-0.15, -0.1) is 0 Å². The maximum Gasteiger partial charge on any atom is 0.342 e. The lowest BCUT2D eigenvalue weighted by molar-refractivity contribution is 0.0522. The van der Waals surface area contributed by atoms with Crippen LogP contribution in [0.25, 0.3) is 0 Å². The highest BCUT2D eigenvalue weighted by Gasteiger charge is 2.26.